The van der Waals surface area contributed by atoms with E-state index in [9.17, 15) is 4.79 Å². The van der Waals surface area contributed by atoms with Crippen LogP contribution in [0.4, 0.5) is 0 Å². The molecule has 1 atom stereocenters. The lowest BCUT2D eigenvalue weighted by atomic mass is 10.0. The number of carbonyl (C=O) groups excluding carboxylic acids is 1. The third-order valence-corrected chi connectivity index (χ3v) is 5.46. The van der Waals surface area contributed by atoms with E-state index in [1.54, 1.807) is 19.2 Å². The Balaban J connectivity index is 1.70. The van der Waals surface area contributed by atoms with Crippen molar-refractivity contribution in [2.45, 2.75) is 32.9 Å². The fourth-order valence-corrected chi connectivity index (χ4v) is 3.51. The molecule has 1 heterocycles. The fourth-order valence-electron chi connectivity index (χ4n) is 3.21. The minimum absolute atomic E-state index is 0.0689. The van der Waals surface area contributed by atoms with Gasteiger partial charge in [-0.1, -0.05) is 60.4 Å². The highest BCUT2D eigenvalue weighted by atomic mass is 35.5. The molecule has 0 aromatic heterocycles. The van der Waals surface area contributed by atoms with Crippen molar-refractivity contribution >= 4 is 34.8 Å². The first-order chi connectivity index (χ1) is 13.9. The minimum atomic E-state index is -0.215. The summed E-state index contributed by atoms with van der Waals surface area (Å²) in [5.41, 5.74) is 2.67. The Morgan fingerprint density at radius 2 is 2.03 bits per heavy atom. The van der Waals surface area contributed by atoms with E-state index in [1.165, 1.54) is 0 Å². The summed E-state index contributed by atoms with van der Waals surface area (Å²) in [7, 11) is 1.63. The van der Waals surface area contributed by atoms with Gasteiger partial charge in [0.2, 0.25) is 5.91 Å². The first kappa shape index (κ1) is 21.5. The van der Waals surface area contributed by atoms with Crippen LogP contribution >= 0.6 is 23.2 Å². The lowest BCUT2D eigenvalue weighted by Crippen LogP contribution is -2.39. The largest absolute Gasteiger partial charge is 0.497 e. The summed E-state index contributed by atoms with van der Waals surface area (Å²) in [6.07, 6.45) is 0.380. The van der Waals surface area contributed by atoms with Gasteiger partial charge in [-0.3, -0.25) is 4.79 Å². The zero-order valence-corrected chi connectivity index (χ0v) is 18.2. The van der Waals surface area contributed by atoms with Gasteiger partial charge in [0.05, 0.1) is 29.4 Å². The molecule has 0 bridgehead atoms. The second kappa shape index (κ2) is 9.51. The van der Waals surface area contributed by atoms with Gasteiger partial charge in [-0.15, -0.1) is 0 Å². The molecule has 0 saturated heterocycles. The molecule has 2 aromatic carbocycles. The molecule has 0 radical (unpaired) electrons. The first-order valence-corrected chi connectivity index (χ1v) is 10.2. The maximum absolute atomic E-state index is 12.8. The predicted molar refractivity (Wildman–Crippen MR) is 116 cm³/mol. The highest BCUT2D eigenvalue weighted by Gasteiger charge is 2.28. The van der Waals surface area contributed by atoms with Gasteiger partial charge in [0.15, 0.2) is 6.10 Å². The van der Waals surface area contributed by atoms with Crippen LogP contribution in [0.5, 0.6) is 5.75 Å². The molecular formula is C22H24Cl2N2O3. The molecule has 0 spiro atoms. The molecule has 7 heteroatoms. The lowest BCUT2D eigenvalue weighted by molar-refractivity contribution is -0.136. The van der Waals surface area contributed by atoms with Crippen LogP contribution in [0.25, 0.3) is 0 Å². The zero-order chi connectivity index (χ0) is 21.0. The van der Waals surface area contributed by atoms with E-state index in [-0.39, 0.29) is 17.9 Å². The molecule has 2 aromatic rings. The van der Waals surface area contributed by atoms with Crippen LogP contribution in [0.2, 0.25) is 10.0 Å². The van der Waals surface area contributed by atoms with Crippen LogP contribution < -0.4 is 4.74 Å². The molecule has 154 valence electrons. The molecule has 5 nitrogen and oxygen atoms in total. The van der Waals surface area contributed by atoms with E-state index in [1.807, 2.05) is 49.1 Å². The number of rotatable bonds is 7. The molecule has 3 rings (SSSR count). The zero-order valence-electron chi connectivity index (χ0n) is 16.7. The Hall–Kier alpha value is -2.24. The second-order valence-electron chi connectivity index (χ2n) is 7.32. The monoisotopic (exact) mass is 434 g/mol. The molecule has 1 aliphatic heterocycles. The normalized spacial score (nSPS) is 15.8. The van der Waals surface area contributed by atoms with Gasteiger partial charge in [-0.05, 0) is 29.8 Å². The maximum atomic E-state index is 12.8. The molecule has 1 aliphatic rings. The average molecular weight is 435 g/mol. The highest BCUT2D eigenvalue weighted by molar-refractivity contribution is 6.42. The molecular weight excluding hydrogens is 411 g/mol. The summed E-state index contributed by atoms with van der Waals surface area (Å²) < 4.78 is 5.29. The number of methoxy groups -OCH3 is 1. The maximum Gasteiger partial charge on any atom is 0.225 e. The SMILES string of the molecule is COc1cccc(CN(C[C@H]2CC(c3ccc(Cl)c(Cl)c3)=NO2)C(=O)C(C)C)c1. The number of nitrogens with zero attached hydrogens (tertiary/aromatic N) is 2. The van der Waals surface area contributed by atoms with Crippen molar-refractivity contribution in [1.82, 2.24) is 4.90 Å². The fraction of sp³-hybridized carbons (Fsp3) is 0.364. The van der Waals surface area contributed by atoms with E-state index in [4.69, 9.17) is 32.8 Å². The second-order valence-corrected chi connectivity index (χ2v) is 8.14. The molecule has 1 amide bonds. The first-order valence-electron chi connectivity index (χ1n) is 9.47. The quantitative estimate of drug-likeness (QED) is 0.602. The summed E-state index contributed by atoms with van der Waals surface area (Å²) in [6.45, 7) is 4.72. The summed E-state index contributed by atoms with van der Waals surface area (Å²) in [5, 5.41) is 5.18. The predicted octanol–water partition coefficient (Wildman–Crippen LogP) is 5.18. The third kappa shape index (κ3) is 5.43. The van der Waals surface area contributed by atoms with Gasteiger partial charge in [-0.25, -0.2) is 0 Å². The third-order valence-electron chi connectivity index (χ3n) is 4.72. The van der Waals surface area contributed by atoms with E-state index < -0.39 is 0 Å². The van der Waals surface area contributed by atoms with Gasteiger partial charge in [-0.2, -0.15) is 0 Å². The van der Waals surface area contributed by atoms with Crippen molar-refractivity contribution in [3.63, 3.8) is 0 Å². The molecule has 0 N–H and O–H groups in total. The number of amides is 1. The number of halogens is 2. The van der Waals surface area contributed by atoms with Crippen LogP contribution in [0.3, 0.4) is 0 Å². The standard InChI is InChI=1S/C22H24Cl2N2O3/c1-14(2)22(27)26(12-15-5-4-6-17(9-15)28-3)13-18-11-21(25-29-18)16-7-8-19(23)20(24)10-16/h4-10,14,18H,11-13H2,1-3H3/t18-/m1/s1. The van der Waals surface area contributed by atoms with Crippen LogP contribution in [0.1, 0.15) is 31.4 Å². The average Bonchev–Trinajstić information content (AvgIpc) is 3.17. The summed E-state index contributed by atoms with van der Waals surface area (Å²) >= 11 is 12.1. The van der Waals surface area contributed by atoms with Crippen molar-refractivity contribution in [3.05, 3.63) is 63.6 Å². The van der Waals surface area contributed by atoms with Crippen molar-refractivity contribution in [3.8, 4) is 5.75 Å². The Morgan fingerprint density at radius 1 is 1.24 bits per heavy atom. The van der Waals surface area contributed by atoms with Crippen molar-refractivity contribution in [1.29, 1.82) is 0 Å². The van der Waals surface area contributed by atoms with Gasteiger partial charge < -0.3 is 14.5 Å². The van der Waals surface area contributed by atoms with Crippen molar-refractivity contribution in [2.24, 2.45) is 11.1 Å². The topological polar surface area (TPSA) is 51.1 Å². The Bertz CT molecular complexity index is 915. The molecule has 0 fully saturated rings. The number of ether oxygens (including phenoxy) is 1. The number of hydrogen-bond acceptors (Lipinski definition) is 4. The van der Waals surface area contributed by atoms with E-state index in [0.29, 0.717) is 29.6 Å². The Kier molecular flexibility index (Phi) is 7.04. The van der Waals surface area contributed by atoms with Crippen molar-refractivity contribution < 1.29 is 14.4 Å². The van der Waals surface area contributed by atoms with Crippen LogP contribution in [-0.2, 0) is 16.2 Å². The van der Waals surface area contributed by atoms with E-state index >= 15 is 0 Å². The smallest absolute Gasteiger partial charge is 0.225 e. The highest BCUT2D eigenvalue weighted by Crippen LogP contribution is 2.26. The van der Waals surface area contributed by atoms with Gasteiger partial charge in [0, 0.05) is 24.4 Å². The molecule has 0 unspecified atom stereocenters. The summed E-state index contributed by atoms with van der Waals surface area (Å²) in [4.78, 5) is 20.2. The van der Waals surface area contributed by atoms with Gasteiger partial charge in [0.1, 0.15) is 5.75 Å². The Morgan fingerprint density at radius 3 is 2.72 bits per heavy atom. The number of oxime groups is 1. The number of hydrogen-bond donors (Lipinski definition) is 0. The summed E-state index contributed by atoms with van der Waals surface area (Å²) in [6, 6.07) is 13.1. The van der Waals surface area contributed by atoms with Gasteiger partial charge in [0.25, 0.3) is 0 Å². The molecule has 29 heavy (non-hydrogen) atoms. The molecule has 0 aliphatic carbocycles. The van der Waals surface area contributed by atoms with Gasteiger partial charge >= 0.3 is 0 Å². The van der Waals surface area contributed by atoms with Crippen LogP contribution in [0.15, 0.2) is 47.6 Å². The van der Waals surface area contributed by atoms with Crippen LogP contribution in [-0.4, -0.2) is 36.3 Å². The summed E-state index contributed by atoms with van der Waals surface area (Å²) in [5.74, 6) is 0.721. The number of benzene rings is 2. The van der Waals surface area contributed by atoms with E-state index in [2.05, 4.69) is 5.16 Å². The Labute approximate surface area is 181 Å². The van der Waals surface area contributed by atoms with Crippen LogP contribution in [0, 0.1) is 5.92 Å². The van der Waals surface area contributed by atoms with Crippen molar-refractivity contribution in [2.75, 3.05) is 13.7 Å². The lowest BCUT2D eigenvalue weighted by Gasteiger charge is -2.26. The molecule has 0 saturated carbocycles. The number of carbonyl (C=O) groups is 1. The minimum Gasteiger partial charge on any atom is -0.497 e. The van der Waals surface area contributed by atoms with E-state index in [0.717, 1.165) is 22.6 Å².